The highest BCUT2D eigenvalue weighted by atomic mass is 35.5. The van der Waals surface area contributed by atoms with Gasteiger partial charge in [-0.2, -0.15) is 0 Å². The summed E-state index contributed by atoms with van der Waals surface area (Å²) in [6, 6.07) is 20.0. The molecular weight excluding hydrogens is 352 g/mol. The van der Waals surface area contributed by atoms with Gasteiger partial charge in [-0.3, -0.25) is 0 Å². The van der Waals surface area contributed by atoms with E-state index in [1.807, 2.05) is 30.3 Å². The number of thiophene rings is 1. The van der Waals surface area contributed by atoms with Crippen molar-refractivity contribution in [2.24, 2.45) is 0 Å². The zero-order chi connectivity index (χ0) is 17.1. The van der Waals surface area contributed by atoms with Crippen LogP contribution in [0.2, 0.25) is 5.02 Å². The molecule has 0 spiro atoms. The number of hydrogen-bond acceptors (Lipinski definition) is 3. The molecule has 0 aliphatic carbocycles. The SMILES string of the molecule is Clc1ccccc1OCCCn1c(-c2cccs2)nc2ccccc21. The average molecular weight is 369 g/mol. The molecule has 0 atom stereocenters. The smallest absolute Gasteiger partial charge is 0.151 e. The van der Waals surface area contributed by atoms with Crippen molar-refractivity contribution in [1.29, 1.82) is 0 Å². The molecule has 126 valence electrons. The summed E-state index contributed by atoms with van der Waals surface area (Å²) in [6.45, 7) is 1.46. The van der Waals surface area contributed by atoms with Crippen molar-refractivity contribution in [3.8, 4) is 16.5 Å². The van der Waals surface area contributed by atoms with Crippen molar-refractivity contribution in [3.63, 3.8) is 0 Å². The fraction of sp³-hybridized carbons (Fsp3) is 0.150. The van der Waals surface area contributed by atoms with E-state index in [-0.39, 0.29) is 0 Å². The molecule has 0 saturated carbocycles. The van der Waals surface area contributed by atoms with Crippen LogP contribution in [-0.4, -0.2) is 16.2 Å². The maximum Gasteiger partial charge on any atom is 0.151 e. The molecule has 2 aromatic heterocycles. The van der Waals surface area contributed by atoms with E-state index in [1.165, 1.54) is 4.88 Å². The Morgan fingerprint density at radius 3 is 2.68 bits per heavy atom. The van der Waals surface area contributed by atoms with Crippen LogP contribution in [0.5, 0.6) is 5.75 Å². The number of ether oxygens (including phenoxy) is 1. The molecule has 0 saturated heterocycles. The second kappa shape index (κ2) is 7.30. The van der Waals surface area contributed by atoms with E-state index in [9.17, 15) is 0 Å². The predicted molar refractivity (Wildman–Crippen MR) is 105 cm³/mol. The van der Waals surface area contributed by atoms with E-state index >= 15 is 0 Å². The Kier molecular flexibility index (Phi) is 4.72. The molecule has 0 fully saturated rings. The van der Waals surface area contributed by atoms with Crippen LogP contribution in [0, 0.1) is 0 Å². The van der Waals surface area contributed by atoms with Crippen molar-refractivity contribution in [2.45, 2.75) is 13.0 Å². The van der Waals surface area contributed by atoms with Gasteiger partial charge in [-0.15, -0.1) is 11.3 Å². The zero-order valence-electron chi connectivity index (χ0n) is 13.6. The van der Waals surface area contributed by atoms with Crippen LogP contribution in [0.3, 0.4) is 0 Å². The second-order valence-electron chi connectivity index (χ2n) is 5.69. The number of nitrogens with zero attached hydrogens (tertiary/aromatic N) is 2. The number of para-hydroxylation sites is 3. The number of rotatable bonds is 6. The van der Waals surface area contributed by atoms with Crippen LogP contribution in [0.25, 0.3) is 21.7 Å². The maximum atomic E-state index is 6.13. The first-order valence-corrected chi connectivity index (χ1v) is 9.45. The topological polar surface area (TPSA) is 27.1 Å². The van der Waals surface area contributed by atoms with E-state index < -0.39 is 0 Å². The molecule has 3 nitrogen and oxygen atoms in total. The Balaban J connectivity index is 1.53. The molecule has 4 rings (SSSR count). The Hall–Kier alpha value is -2.30. The molecule has 0 N–H and O–H groups in total. The molecule has 0 unspecified atom stereocenters. The second-order valence-corrected chi connectivity index (χ2v) is 7.04. The van der Waals surface area contributed by atoms with Gasteiger partial charge in [0.1, 0.15) is 5.75 Å². The minimum absolute atomic E-state index is 0.611. The Morgan fingerprint density at radius 2 is 1.84 bits per heavy atom. The first-order valence-electron chi connectivity index (χ1n) is 8.19. The summed E-state index contributed by atoms with van der Waals surface area (Å²) >= 11 is 7.85. The highest BCUT2D eigenvalue weighted by Gasteiger charge is 2.12. The first-order chi connectivity index (χ1) is 12.3. The summed E-state index contributed by atoms with van der Waals surface area (Å²) in [7, 11) is 0. The van der Waals surface area contributed by atoms with Gasteiger partial charge in [0.05, 0.1) is 27.5 Å². The average Bonchev–Trinajstić information content (AvgIpc) is 3.28. The minimum Gasteiger partial charge on any atom is -0.492 e. The summed E-state index contributed by atoms with van der Waals surface area (Å²) in [5, 5.41) is 2.73. The van der Waals surface area contributed by atoms with Gasteiger partial charge in [-0.05, 0) is 42.1 Å². The monoisotopic (exact) mass is 368 g/mol. The van der Waals surface area contributed by atoms with Crippen molar-refractivity contribution in [3.05, 3.63) is 71.1 Å². The molecule has 0 amide bonds. The fourth-order valence-electron chi connectivity index (χ4n) is 2.86. The van der Waals surface area contributed by atoms with Crippen LogP contribution < -0.4 is 4.74 Å². The van der Waals surface area contributed by atoms with Crippen LogP contribution in [-0.2, 0) is 6.54 Å². The number of imidazole rings is 1. The van der Waals surface area contributed by atoms with Gasteiger partial charge in [0.15, 0.2) is 5.82 Å². The highest BCUT2D eigenvalue weighted by molar-refractivity contribution is 7.13. The van der Waals surface area contributed by atoms with Crippen LogP contribution in [0.15, 0.2) is 66.0 Å². The van der Waals surface area contributed by atoms with Gasteiger partial charge in [0.25, 0.3) is 0 Å². The van der Waals surface area contributed by atoms with Crippen molar-refractivity contribution in [1.82, 2.24) is 9.55 Å². The molecule has 4 aromatic rings. The van der Waals surface area contributed by atoms with E-state index in [4.69, 9.17) is 21.3 Å². The number of halogens is 1. The molecule has 5 heteroatoms. The fourth-order valence-corrected chi connectivity index (χ4v) is 3.77. The lowest BCUT2D eigenvalue weighted by atomic mass is 10.3. The Labute approximate surface area is 155 Å². The number of fused-ring (bicyclic) bond motifs is 1. The van der Waals surface area contributed by atoms with Crippen molar-refractivity contribution >= 4 is 34.0 Å². The third-order valence-electron chi connectivity index (χ3n) is 4.02. The van der Waals surface area contributed by atoms with Gasteiger partial charge in [-0.25, -0.2) is 4.98 Å². The largest absolute Gasteiger partial charge is 0.492 e. The number of aromatic nitrogens is 2. The Morgan fingerprint density at radius 1 is 1.00 bits per heavy atom. The molecule has 0 radical (unpaired) electrons. The molecular formula is C20H17ClN2OS. The molecule has 2 heterocycles. The minimum atomic E-state index is 0.611. The van der Waals surface area contributed by atoms with Crippen molar-refractivity contribution < 1.29 is 4.74 Å². The van der Waals surface area contributed by atoms with Crippen LogP contribution >= 0.6 is 22.9 Å². The van der Waals surface area contributed by atoms with E-state index in [1.54, 1.807) is 11.3 Å². The predicted octanol–water partition coefficient (Wildman–Crippen LogP) is 5.89. The molecule has 0 bridgehead atoms. The lowest BCUT2D eigenvalue weighted by Crippen LogP contribution is -2.06. The third kappa shape index (κ3) is 3.41. The quantitative estimate of drug-likeness (QED) is 0.397. The molecule has 0 aliphatic heterocycles. The number of hydrogen-bond donors (Lipinski definition) is 0. The number of aryl methyl sites for hydroxylation is 1. The van der Waals surface area contributed by atoms with E-state index in [0.29, 0.717) is 11.6 Å². The first kappa shape index (κ1) is 16.2. The maximum absolute atomic E-state index is 6.13. The van der Waals surface area contributed by atoms with Gasteiger partial charge < -0.3 is 9.30 Å². The molecule has 0 aliphatic rings. The highest BCUT2D eigenvalue weighted by Crippen LogP contribution is 2.28. The molecule has 2 aromatic carbocycles. The van der Waals surface area contributed by atoms with E-state index in [0.717, 1.165) is 35.6 Å². The lowest BCUT2D eigenvalue weighted by Gasteiger charge is -2.10. The summed E-state index contributed by atoms with van der Waals surface area (Å²) < 4.78 is 8.09. The summed E-state index contributed by atoms with van der Waals surface area (Å²) in [6.07, 6.45) is 0.879. The standard InChI is InChI=1S/C20H17ClN2OS/c21-15-7-1-4-10-18(15)24-13-6-12-23-17-9-3-2-8-16(17)22-20(23)19-11-5-14-25-19/h1-5,7-11,14H,6,12-13H2. The van der Waals surface area contributed by atoms with Gasteiger partial charge >= 0.3 is 0 Å². The summed E-state index contributed by atoms with van der Waals surface area (Å²) in [5.41, 5.74) is 2.18. The zero-order valence-corrected chi connectivity index (χ0v) is 15.1. The summed E-state index contributed by atoms with van der Waals surface area (Å²) in [5.74, 6) is 1.76. The van der Waals surface area contributed by atoms with Crippen LogP contribution in [0.4, 0.5) is 0 Å². The number of benzene rings is 2. The van der Waals surface area contributed by atoms with Gasteiger partial charge in [-0.1, -0.05) is 41.9 Å². The van der Waals surface area contributed by atoms with Crippen molar-refractivity contribution in [2.75, 3.05) is 6.61 Å². The normalized spacial score (nSPS) is 11.1. The van der Waals surface area contributed by atoms with Crippen LogP contribution in [0.1, 0.15) is 6.42 Å². The molecule has 25 heavy (non-hydrogen) atoms. The van der Waals surface area contributed by atoms with Gasteiger partial charge in [0, 0.05) is 6.54 Å². The Bertz CT molecular complexity index is 978. The summed E-state index contributed by atoms with van der Waals surface area (Å²) in [4.78, 5) is 6.00. The van der Waals surface area contributed by atoms with E-state index in [2.05, 4.69) is 40.3 Å². The third-order valence-corrected chi connectivity index (χ3v) is 5.19. The lowest BCUT2D eigenvalue weighted by molar-refractivity contribution is 0.303. The van der Waals surface area contributed by atoms with Gasteiger partial charge in [0.2, 0.25) is 0 Å².